The number of nitrogens with one attached hydrogen (secondary N) is 1. The topological polar surface area (TPSA) is 54.3 Å². The van der Waals surface area contributed by atoms with E-state index in [-0.39, 0.29) is 6.04 Å². The van der Waals surface area contributed by atoms with Crippen molar-refractivity contribution in [3.05, 3.63) is 18.0 Å². The Bertz CT molecular complexity index is 574. The first-order valence-electron chi connectivity index (χ1n) is 7.85. The number of nitrogens with zero attached hydrogens (tertiary/aromatic N) is 2. The van der Waals surface area contributed by atoms with Crippen molar-refractivity contribution in [2.45, 2.75) is 64.1 Å². The molecule has 1 aliphatic carbocycles. The van der Waals surface area contributed by atoms with Crippen LogP contribution in [0.25, 0.3) is 0 Å². The molecule has 1 saturated carbocycles. The van der Waals surface area contributed by atoms with Gasteiger partial charge in [0.25, 0.3) is 0 Å². The highest BCUT2D eigenvalue weighted by Gasteiger charge is 2.31. The van der Waals surface area contributed by atoms with Crippen LogP contribution in [-0.4, -0.2) is 36.4 Å². The molecule has 1 fully saturated rings. The summed E-state index contributed by atoms with van der Waals surface area (Å²) in [7, 11) is -3.40. The lowest BCUT2D eigenvalue weighted by molar-refractivity contribution is 0.369. The van der Waals surface area contributed by atoms with Gasteiger partial charge in [-0.05, 0) is 39.3 Å². The second-order valence-corrected chi connectivity index (χ2v) is 7.78. The van der Waals surface area contributed by atoms with Gasteiger partial charge in [0.05, 0.1) is 0 Å². The van der Waals surface area contributed by atoms with Gasteiger partial charge in [-0.2, -0.15) is 4.31 Å². The maximum atomic E-state index is 12.8. The zero-order valence-electron chi connectivity index (χ0n) is 13.5. The summed E-state index contributed by atoms with van der Waals surface area (Å²) < 4.78 is 29.3. The summed E-state index contributed by atoms with van der Waals surface area (Å²) in [6.45, 7) is 9.87. The van der Waals surface area contributed by atoms with E-state index < -0.39 is 10.0 Å². The maximum absolute atomic E-state index is 12.8. The Morgan fingerprint density at radius 3 is 2.52 bits per heavy atom. The van der Waals surface area contributed by atoms with Crippen LogP contribution in [0.4, 0.5) is 0 Å². The largest absolute Gasteiger partial charge is 0.346 e. The van der Waals surface area contributed by atoms with Gasteiger partial charge in [-0.1, -0.05) is 13.8 Å². The summed E-state index contributed by atoms with van der Waals surface area (Å²) in [6, 6.07) is 2.29. The Morgan fingerprint density at radius 1 is 1.38 bits per heavy atom. The molecule has 2 rings (SSSR count). The monoisotopic (exact) mass is 313 g/mol. The van der Waals surface area contributed by atoms with E-state index in [1.807, 2.05) is 33.0 Å². The molecule has 6 heteroatoms. The number of hydrogen-bond donors (Lipinski definition) is 1. The van der Waals surface area contributed by atoms with E-state index >= 15 is 0 Å². The number of aromatic nitrogens is 1. The summed E-state index contributed by atoms with van der Waals surface area (Å²) in [5, 5.41) is 3.29. The highest BCUT2D eigenvalue weighted by atomic mass is 32.2. The Kier molecular flexibility index (Phi) is 5.11. The van der Waals surface area contributed by atoms with Crippen LogP contribution in [0.5, 0.6) is 0 Å². The molecular formula is C15H27N3O2S. The maximum Gasteiger partial charge on any atom is 0.244 e. The van der Waals surface area contributed by atoms with E-state index in [1.54, 1.807) is 4.31 Å². The van der Waals surface area contributed by atoms with Crippen LogP contribution in [0.15, 0.2) is 17.2 Å². The van der Waals surface area contributed by atoms with Crippen LogP contribution in [0.2, 0.25) is 0 Å². The van der Waals surface area contributed by atoms with E-state index in [2.05, 4.69) is 16.8 Å². The predicted octanol–water partition coefficient (Wildman–Crippen LogP) is 2.35. The van der Waals surface area contributed by atoms with Crippen molar-refractivity contribution in [2.75, 3.05) is 13.1 Å². The number of hydrogen-bond acceptors (Lipinski definition) is 3. The van der Waals surface area contributed by atoms with E-state index in [4.69, 9.17) is 0 Å². The van der Waals surface area contributed by atoms with Gasteiger partial charge in [0, 0.05) is 37.1 Å². The molecule has 0 amide bonds. The number of rotatable bonds is 8. The zero-order chi connectivity index (χ0) is 15.6. The van der Waals surface area contributed by atoms with Gasteiger partial charge in [0.1, 0.15) is 4.90 Å². The Balaban J connectivity index is 2.34. The molecule has 5 nitrogen and oxygen atoms in total. The summed E-state index contributed by atoms with van der Waals surface area (Å²) in [4.78, 5) is 0.429. The molecule has 0 spiro atoms. The predicted molar refractivity (Wildman–Crippen MR) is 84.8 cm³/mol. The first kappa shape index (κ1) is 16.5. The standard InChI is InChI=1S/C15H27N3O2S/c1-5-16-10-14-9-15(11-17(14)13-7-8-13)21(19,20)18(6-2)12(3)4/h9,11-13,16H,5-8,10H2,1-4H3. The molecular weight excluding hydrogens is 286 g/mol. The molecule has 1 heterocycles. The Labute approximate surface area is 128 Å². The molecule has 1 aliphatic rings. The van der Waals surface area contributed by atoms with E-state index in [1.165, 1.54) is 0 Å². The fourth-order valence-corrected chi connectivity index (χ4v) is 4.37. The molecule has 1 aromatic heterocycles. The van der Waals surface area contributed by atoms with Crippen molar-refractivity contribution >= 4 is 10.0 Å². The third kappa shape index (κ3) is 3.49. The minimum Gasteiger partial charge on any atom is -0.346 e. The fraction of sp³-hybridized carbons (Fsp3) is 0.733. The normalized spacial score (nSPS) is 16.1. The van der Waals surface area contributed by atoms with Gasteiger partial charge >= 0.3 is 0 Å². The third-order valence-corrected chi connectivity index (χ3v) is 6.01. The molecule has 0 radical (unpaired) electrons. The fourth-order valence-electron chi connectivity index (χ4n) is 2.67. The SMILES string of the molecule is CCNCc1cc(S(=O)(=O)N(CC)C(C)C)cn1C1CC1. The summed E-state index contributed by atoms with van der Waals surface area (Å²) in [6.07, 6.45) is 4.12. The van der Waals surface area contributed by atoms with Crippen molar-refractivity contribution in [3.63, 3.8) is 0 Å². The van der Waals surface area contributed by atoms with Crippen LogP contribution in [0.1, 0.15) is 52.3 Å². The van der Waals surface area contributed by atoms with Gasteiger partial charge in [-0.3, -0.25) is 0 Å². The van der Waals surface area contributed by atoms with Crippen molar-refractivity contribution in [3.8, 4) is 0 Å². The van der Waals surface area contributed by atoms with Gasteiger partial charge in [0.2, 0.25) is 10.0 Å². The van der Waals surface area contributed by atoms with Crippen LogP contribution < -0.4 is 5.32 Å². The summed E-state index contributed by atoms with van der Waals surface area (Å²) in [5.74, 6) is 0. The lowest BCUT2D eigenvalue weighted by atomic mass is 10.4. The molecule has 0 bridgehead atoms. The van der Waals surface area contributed by atoms with E-state index in [9.17, 15) is 8.42 Å². The van der Waals surface area contributed by atoms with Gasteiger partial charge in [-0.25, -0.2) is 8.42 Å². The van der Waals surface area contributed by atoms with Crippen molar-refractivity contribution in [1.29, 1.82) is 0 Å². The third-order valence-electron chi connectivity index (χ3n) is 3.90. The van der Waals surface area contributed by atoms with E-state index in [0.717, 1.165) is 31.6 Å². The minimum atomic E-state index is -3.40. The second-order valence-electron chi connectivity index (χ2n) is 5.89. The highest BCUT2D eigenvalue weighted by Crippen LogP contribution is 2.37. The van der Waals surface area contributed by atoms with Gasteiger partial charge in [-0.15, -0.1) is 0 Å². The first-order chi connectivity index (χ1) is 9.91. The average molecular weight is 313 g/mol. The summed E-state index contributed by atoms with van der Waals surface area (Å²) in [5.41, 5.74) is 1.07. The lowest BCUT2D eigenvalue weighted by Crippen LogP contribution is -2.36. The van der Waals surface area contributed by atoms with Crippen molar-refractivity contribution < 1.29 is 8.42 Å². The molecule has 1 N–H and O–H groups in total. The number of sulfonamides is 1. The first-order valence-corrected chi connectivity index (χ1v) is 9.29. The quantitative estimate of drug-likeness (QED) is 0.801. The Hall–Kier alpha value is -0.850. The minimum absolute atomic E-state index is 0.0264. The van der Waals surface area contributed by atoms with E-state index in [0.29, 0.717) is 17.5 Å². The molecule has 21 heavy (non-hydrogen) atoms. The lowest BCUT2D eigenvalue weighted by Gasteiger charge is -2.23. The average Bonchev–Trinajstić information content (AvgIpc) is 3.16. The van der Waals surface area contributed by atoms with Crippen LogP contribution in [-0.2, 0) is 16.6 Å². The Morgan fingerprint density at radius 2 is 2.05 bits per heavy atom. The van der Waals surface area contributed by atoms with Crippen LogP contribution >= 0.6 is 0 Å². The summed E-state index contributed by atoms with van der Waals surface area (Å²) >= 11 is 0. The van der Waals surface area contributed by atoms with Crippen molar-refractivity contribution in [2.24, 2.45) is 0 Å². The molecule has 1 aromatic rings. The van der Waals surface area contributed by atoms with Gasteiger partial charge < -0.3 is 9.88 Å². The molecule has 0 unspecified atom stereocenters. The molecule has 0 saturated heterocycles. The molecule has 0 aliphatic heterocycles. The van der Waals surface area contributed by atoms with Crippen LogP contribution in [0, 0.1) is 0 Å². The molecule has 0 aromatic carbocycles. The second kappa shape index (κ2) is 6.50. The van der Waals surface area contributed by atoms with Gasteiger partial charge in [0.15, 0.2) is 0 Å². The molecule has 0 atom stereocenters. The smallest absolute Gasteiger partial charge is 0.244 e. The zero-order valence-corrected chi connectivity index (χ0v) is 14.3. The van der Waals surface area contributed by atoms with Crippen LogP contribution in [0.3, 0.4) is 0 Å². The highest BCUT2D eigenvalue weighted by molar-refractivity contribution is 7.89. The molecule has 120 valence electrons. The van der Waals surface area contributed by atoms with Crippen molar-refractivity contribution in [1.82, 2.24) is 14.2 Å².